The van der Waals surface area contributed by atoms with Gasteiger partial charge in [0.25, 0.3) is 0 Å². The largest absolute Gasteiger partial charge is 0.392 e. The number of ketones is 2. The summed E-state index contributed by atoms with van der Waals surface area (Å²) in [5.41, 5.74) is 0. The van der Waals surface area contributed by atoms with Gasteiger partial charge in [-0.15, -0.1) is 0 Å². The van der Waals surface area contributed by atoms with E-state index in [4.69, 9.17) is 0 Å². The lowest BCUT2D eigenvalue weighted by Crippen LogP contribution is -2.32. The van der Waals surface area contributed by atoms with Crippen LogP contribution >= 0.6 is 0 Å². The highest BCUT2D eigenvalue weighted by atomic mass is 16.3. The molecule has 0 aromatic rings. The van der Waals surface area contributed by atoms with Gasteiger partial charge >= 0.3 is 0 Å². The molecule has 0 aromatic carbocycles. The highest BCUT2D eigenvalue weighted by Crippen LogP contribution is 2.21. The van der Waals surface area contributed by atoms with Crippen molar-refractivity contribution in [3.8, 4) is 0 Å². The van der Waals surface area contributed by atoms with Gasteiger partial charge in [0.2, 0.25) is 0 Å². The van der Waals surface area contributed by atoms with Crippen LogP contribution in [-0.2, 0) is 9.59 Å². The molecule has 3 heteroatoms. The van der Waals surface area contributed by atoms with E-state index in [1.807, 2.05) is 6.92 Å². The normalized spacial score (nSPS) is 12.3. The molecule has 255 valence electrons. The first-order valence-electron chi connectivity index (χ1n) is 19.7. The number of aliphatic hydroxyl groups excluding tert-OH is 1. The fourth-order valence-corrected chi connectivity index (χ4v) is 6.31. The van der Waals surface area contributed by atoms with E-state index < -0.39 is 6.10 Å². The number of Topliss-reactive ketones (excluding diaryl/α,β-unsaturated/α-hetero) is 2. The van der Waals surface area contributed by atoms with E-state index >= 15 is 0 Å². The summed E-state index contributed by atoms with van der Waals surface area (Å²) < 4.78 is 0. The molecule has 0 saturated heterocycles. The summed E-state index contributed by atoms with van der Waals surface area (Å²) >= 11 is 0. The van der Waals surface area contributed by atoms with Crippen LogP contribution in [0.3, 0.4) is 0 Å². The lowest BCUT2D eigenvalue weighted by molar-refractivity contribution is -0.127. The average Bonchev–Trinajstić information content (AvgIpc) is 3.01. The molecule has 0 amide bonds. The van der Waals surface area contributed by atoms with Crippen LogP contribution in [0, 0.1) is 5.92 Å². The topological polar surface area (TPSA) is 54.4 Å². The second kappa shape index (κ2) is 34.2. The van der Waals surface area contributed by atoms with Crippen molar-refractivity contribution < 1.29 is 14.7 Å². The SMILES string of the molecule is CCCCCCCCCCCCCCCCCC(=O)[C](C(=O)CCCCCCCCCCCCCCCCC)C(O)CC. The molecule has 1 atom stereocenters. The molecule has 0 heterocycles. The Labute approximate surface area is 270 Å². The van der Waals surface area contributed by atoms with Crippen LogP contribution in [0.25, 0.3) is 0 Å². The third-order valence-corrected chi connectivity index (χ3v) is 9.34. The van der Waals surface area contributed by atoms with E-state index in [2.05, 4.69) is 13.8 Å². The number of hydrogen-bond acceptors (Lipinski definition) is 3. The van der Waals surface area contributed by atoms with Crippen molar-refractivity contribution in [2.24, 2.45) is 0 Å². The lowest BCUT2D eigenvalue weighted by atomic mass is 9.86. The molecule has 0 aliphatic carbocycles. The molecule has 0 saturated carbocycles. The van der Waals surface area contributed by atoms with Gasteiger partial charge in [0.15, 0.2) is 11.6 Å². The summed E-state index contributed by atoms with van der Waals surface area (Å²) in [5.74, 6) is -0.0109. The fraction of sp³-hybridized carbons (Fsp3) is 0.925. The summed E-state index contributed by atoms with van der Waals surface area (Å²) in [6.45, 7) is 6.41. The Kier molecular flexibility index (Phi) is 33.6. The van der Waals surface area contributed by atoms with Gasteiger partial charge in [-0.05, 0) is 19.3 Å². The molecule has 43 heavy (non-hydrogen) atoms. The Morgan fingerprint density at radius 3 is 0.791 bits per heavy atom. The molecule has 0 spiro atoms. The minimum absolute atomic E-state index is 0.102. The zero-order valence-corrected chi connectivity index (χ0v) is 29.7. The van der Waals surface area contributed by atoms with Crippen LogP contribution in [0.15, 0.2) is 0 Å². The maximum Gasteiger partial charge on any atom is 0.150 e. The van der Waals surface area contributed by atoms with Gasteiger partial charge in [-0.2, -0.15) is 0 Å². The lowest BCUT2D eigenvalue weighted by Gasteiger charge is -2.19. The van der Waals surface area contributed by atoms with E-state index in [1.165, 1.54) is 167 Å². The quantitative estimate of drug-likeness (QED) is 0.0571. The van der Waals surface area contributed by atoms with Crippen LogP contribution < -0.4 is 0 Å². The number of hydrogen-bond donors (Lipinski definition) is 1. The van der Waals surface area contributed by atoms with Crippen molar-refractivity contribution in [2.45, 2.75) is 239 Å². The van der Waals surface area contributed by atoms with Gasteiger partial charge in [0.05, 0.1) is 6.10 Å². The van der Waals surface area contributed by atoms with E-state index in [-0.39, 0.29) is 17.5 Å². The number of rotatable bonds is 36. The number of carbonyl (C=O) groups is 2. The highest BCUT2D eigenvalue weighted by Gasteiger charge is 2.32. The van der Waals surface area contributed by atoms with Crippen molar-refractivity contribution in [1.29, 1.82) is 0 Å². The van der Waals surface area contributed by atoms with E-state index in [1.54, 1.807) is 0 Å². The predicted molar refractivity (Wildman–Crippen MR) is 189 cm³/mol. The standard InChI is InChI=1S/C40H77O3/c1-4-7-9-11-13-15-17-19-21-23-25-27-29-31-33-35-38(42)40(37(41)6-3)39(43)36-34-32-30-28-26-24-22-20-18-16-14-12-10-8-5-2/h37,41H,4-36H2,1-3H3. The van der Waals surface area contributed by atoms with Crippen LogP contribution in [-0.4, -0.2) is 22.8 Å². The minimum Gasteiger partial charge on any atom is -0.392 e. The number of unbranched alkanes of at least 4 members (excludes halogenated alkanes) is 28. The molecule has 0 rings (SSSR count). The van der Waals surface area contributed by atoms with Crippen LogP contribution in [0.2, 0.25) is 0 Å². The third kappa shape index (κ3) is 28.5. The summed E-state index contributed by atoms with van der Waals surface area (Å²) in [5, 5.41) is 10.4. The summed E-state index contributed by atoms with van der Waals surface area (Å²) in [7, 11) is 0. The van der Waals surface area contributed by atoms with Gasteiger partial charge in [-0.25, -0.2) is 0 Å². The maximum atomic E-state index is 12.9. The minimum atomic E-state index is -0.896. The van der Waals surface area contributed by atoms with E-state index in [0.29, 0.717) is 19.3 Å². The number of aliphatic hydroxyl groups is 1. The molecule has 1 radical (unpaired) electrons. The Morgan fingerprint density at radius 2 is 0.581 bits per heavy atom. The number of carbonyl (C=O) groups excluding carboxylic acids is 2. The van der Waals surface area contributed by atoms with Crippen molar-refractivity contribution >= 4 is 11.6 Å². The van der Waals surface area contributed by atoms with E-state index in [0.717, 1.165) is 25.7 Å². The van der Waals surface area contributed by atoms with E-state index in [9.17, 15) is 14.7 Å². The summed E-state index contributed by atoms with van der Waals surface area (Å²) in [6.07, 6.45) is 39.3. The van der Waals surface area contributed by atoms with Gasteiger partial charge in [0, 0.05) is 12.8 Å². The first kappa shape index (κ1) is 42.3. The monoisotopic (exact) mass is 606 g/mol. The molecule has 0 aromatic heterocycles. The molecule has 0 fully saturated rings. The highest BCUT2D eigenvalue weighted by molar-refractivity contribution is 6.16. The Morgan fingerprint density at radius 1 is 0.372 bits per heavy atom. The smallest absolute Gasteiger partial charge is 0.150 e. The Hall–Kier alpha value is -0.700. The van der Waals surface area contributed by atoms with Crippen LogP contribution in [0.1, 0.15) is 233 Å². The Bertz CT molecular complexity index is 540. The third-order valence-electron chi connectivity index (χ3n) is 9.34. The molecular weight excluding hydrogens is 528 g/mol. The second-order valence-corrected chi connectivity index (χ2v) is 13.6. The van der Waals surface area contributed by atoms with Gasteiger partial charge in [-0.1, -0.05) is 201 Å². The van der Waals surface area contributed by atoms with Gasteiger partial charge < -0.3 is 5.11 Å². The van der Waals surface area contributed by atoms with Crippen molar-refractivity contribution in [1.82, 2.24) is 0 Å². The second-order valence-electron chi connectivity index (χ2n) is 13.6. The predicted octanol–water partition coefficient (Wildman–Crippen LogP) is 13.0. The zero-order valence-electron chi connectivity index (χ0n) is 29.7. The average molecular weight is 606 g/mol. The molecule has 1 N–H and O–H groups in total. The first-order chi connectivity index (χ1) is 21.1. The molecule has 0 aliphatic rings. The van der Waals surface area contributed by atoms with Crippen molar-refractivity contribution in [2.75, 3.05) is 0 Å². The van der Waals surface area contributed by atoms with Crippen LogP contribution in [0.5, 0.6) is 0 Å². The zero-order chi connectivity index (χ0) is 31.6. The summed E-state index contributed by atoms with van der Waals surface area (Å²) in [4.78, 5) is 25.7. The molecule has 0 aliphatic heterocycles. The van der Waals surface area contributed by atoms with Crippen molar-refractivity contribution in [3.05, 3.63) is 5.92 Å². The molecule has 0 bridgehead atoms. The van der Waals surface area contributed by atoms with Gasteiger partial charge in [-0.3, -0.25) is 9.59 Å². The van der Waals surface area contributed by atoms with Crippen LogP contribution in [0.4, 0.5) is 0 Å². The summed E-state index contributed by atoms with van der Waals surface area (Å²) in [6, 6.07) is 0. The van der Waals surface area contributed by atoms with Crippen molar-refractivity contribution in [3.63, 3.8) is 0 Å². The Balaban J connectivity index is 3.77. The first-order valence-corrected chi connectivity index (χ1v) is 19.7. The molecule has 3 nitrogen and oxygen atoms in total. The fourth-order valence-electron chi connectivity index (χ4n) is 6.31. The molecule has 1 unspecified atom stereocenters. The molecular formula is C40H77O3. The maximum absolute atomic E-state index is 12.9. The van der Waals surface area contributed by atoms with Gasteiger partial charge in [0.1, 0.15) is 5.92 Å².